The molecule has 4 heteroatoms. The van der Waals surface area contributed by atoms with Crippen LogP contribution in [0, 0.1) is 0 Å². The molecular formula is C83H72N2Si2. The van der Waals surface area contributed by atoms with Gasteiger partial charge in [0.25, 0.3) is 0 Å². The number of nitrogens with zero attached hydrogens (tertiary/aromatic N) is 2. The fourth-order valence-corrected chi connectivity index (χ4v) is 23.0. The highest BCUT2D eigenvalue weighted by molar-refractivity contribution is 7.20. The van der Waals surface area contributed by atoms with Crippen molar-refractivity contribution < 1.29 is 0 Å². The molecule has 0 saturated carbocycles. The molecule has 0 amide bonds. The zero-order chi connectivity index (χ0) is 59.5. The smallest absolute Gasteiger partial charge is 0.179 e. The van der Waals surface area contributed by atoms with Crippen molar-refractivity contribution in [1.82, 2.24) is 4.57 Å². The minimum Gasteiger partial charge on any atom is -0.310 e. The van der Waals surface area contributed by atoms with Crippen molar-refractivity contribution in [3.05, 3.63) is 325 Å². The molecule has 15 rings (SSSR count). The maximum Gasteiger partial charge on any atom is 0.179 e. The molecule has 0 unspecified atom stereocenters. The van der Waals surface area contributed by atoms with Crippen LogP contribution in [0.2, 0.25) is 13.1 Å². The number of hydrogen-bond donors (Lipinski definition) is 0. The summed E-state index contributed by atoms with van der Waals surface area (Å²) in [5, 5.41) is 10.7. The lowest BCUT2D eigenvalue weighted by atomic mass is 9.68. The Bertz CT molecular complexity index is 4590. The van der Waals surface area contributed by atoms with Crippen molar-refractivity contribution in [2.75, 3.05) is 4.90 Å². The largest absolute Gasteiger partial charge is 0.310 e. The second-order valence-corrected chi connectivity index (χ2v) is 34.9. The van der Waals surface area contributed by atoms with E-state index >= 15 is 0 Å². The van der Waals surface area contributed by atoms with E-state index in [1.807, 2.05) is 0 Å². The minimum atomic E-state index is -3.26. The average molecular weight is 1150 g/mol. The van der Waals surface area contributed by atoms with Gasteiger partial charge in [-0.1, -0.05) is 297 Å². The van der Waals surface area contributed by atoms with E-state index in [-0.39, 0.29) is 10.8 Å². The van der Waals surface area contributed by atoms with Crippen LogP contribution in [0.15, 0.2) is 291 Å². The number of aromatic nitrogens is 1. The minimum absolute atomic E-state index is 0.0515. The van der Waals surface area contributed by atoms with Gasteiger partial charge >= 0.3 is 0 Å². The Kier molecular flexibility index (Phi) is 12.7. The summed E-state index contributed by atoms with van der Waals surface area (Å²) in [6.07, 6.45) is 0. The summed E-state index contributed by atoms with van der Waals surface area (Å²) in [6.45, 7) is 19.1. The topological polar surface area (TPSA) is 8.17 Å². The fraction of sp³-hybridized carbons (Fsp3) is 0.133. The standard InChI is InChI=1S/C83H72N2Si2/c1-81(2,3)59-46-52-74-69(54-59)70-55-60(82(4,5)6)47-53-75(70)84(74)78-56-64(50-51-68(78)67-36-20-23-39-73(67)85-76-40-24-26-42-79(76)86(7,8)80-43-27-25-41-77(80)85)87(61-30-14-10-15-31-61,62-32-16-11-17-33-62)63-48-44-58(45-49-63)83(57-28-12-9-13-29-57)71-37-21-18-34-65(71)66-35-19-22-38-72(66)83/h9-56H,1-8H3. The van der Waals surface area contributed by atoms with Crippen LogP contribution < -0.4 is 36.0 Å². The first-order valence-corrected chi connectivity index (χ1v) is 36.0. The Labute approximate surface area is 515 Å². The van der Waals surface area contributed by atoms with Crippen LogP contribution in [0.25, 0.3) is 49.7 Å². The molecule has 0 radical (unpaired) electrons. The zero-order valence-electron chi connectivity index (χ0n) is 51.1. The molecule has 0 fully saturated rings. The van der Waals surface area contributed by atoms with Gasteiger partial charge in [-0.05, 0) is 135 Å². The van der Waals surface area contributed by atoms with Crippen LogP contribution >= 0.6 is 0 Å². The molecule has 13 aromatic rings. The zero-order valence-corrected chi connectivity index (χ0v) is 53.1. The molecule has 0 bridgehead atoms. The number of rotatable bonds is 9. The van der Waals surface area contributed by atoms with Crippen molar-refractivity contribution in [3.63, 3.8) is 0 Å². The van der Waals surface area contributed by atoms with E-state index < -0.39 is 21.6 Å². The maximum absolute atomic E-state index is 3.26. The molecule has 1 aliphatic carbocycles. The van der Waals surface area contributed by atoms with Crippen LogP contribution in [-0.2, 0) is 16.2 Å². The lowest BCUT2D eigenvalue weighted by molar-refractivity contribution is 0.590. The van der Waals surface area contributed by atoms with Crippen LogP contribution in [0.4, 0.5) is 17.1 Å². The molecule has 87 heavy (non-hydrogen) atoms. The van der Waals surface area contributed by atoms with Crippen molar-refractivity contribution in [2.24, 2.45) is 0 Å². The average Bonchev–Trinajstić information content (AvgIpc) is 1.71. The number of para-hydroxylation sites is 3. The van der Waals surface area contributed by atoms with E-state index in [9.17, 15) is 0 Å². The maximum atomic E-state index is 2.63. The summed E-state index contributed by atoms with van der Waals surface area (Å²) in [4.78, 5) is 2.57. The van der Waals surface area contributed by atoms with E-state index in [1.165, 1.54) is 120 Å². The van der Waals surface area contributed by atoms with E-state index in [0.29, 0.717) is 0 Å². The Morgan fingerprint density at radius 1 is 0.322 bits per heavy atom. The summed E-state index contributed by atoms with van der Waals surface area (Å²) < 4.78 is 2.63. The Morgan fingerprint density at radius 2 is 0.713 bits per heavy atom. The SMILES string of the molecule is CC(C)(C)c1ccc2c(c1)c1cc(C(C)(C)C)ccc1n2-c1cc([Si](c2ccccc2)(c2ccccc2)c2ccc(C3(c4ccccc4)c4ccccc4-c4ccccc43)cc2)ccc1-c1ccccc1N1c2ccccc2[Si](C)(C)c2ccccc21. The fourth-order valence-electron chi connectivity index (χ4n) is 15.3. The lowest BCUT2D eigenvalue weighted by Gasteiger charge is -2.41. The number of benzene rings is 12. The normalized spacial score (nSPS) is 14.1. The van der Waals surface area contributed by atoms with E-state index in [2.05, 4.69) is 355 Å². The predicted octanol–water partition coefficient (Wildman–Crippen LogP) is 17.4. The van der Waals surface area contributed by atoms with Gasteiger partial charge in [0.15, 0.2) is 8.07 Å². The third-order valence-corrected chi connectivity index (χ3v) is 27.9. The summed E-state index contributed by atoms with van der Waals surface area (Å²) in [6, 6.07) is 112. The number of fused-ring (bicyclic) bond motifs is 8. The molecule has 2 aliphatic rings. The first-order valence-electron chi connectivity index (χ1n) is 31.0. The van der Waals surface area contributed by atoms with E-state index in [1.54, 1.807) is 0 Å². The second kappa shape index (κ2) is 20.4. The highest BCUT2D eigenvalue weighted by Gasteiger charge is 2.48. The summed E-state index contributed by atoms with van der Waals surface area (Å²) in [7, 11) is -5.34. The quantitative estimate of drug-likeness (QED) is 0.103. The second-order valence-electron chi connectivity index (χ2n) is 26.8. The van der Waals surface area contributed by atoms with Gasteiger partial charge in [-0.3, -0.25) is 0 Å². The molecular weight excluding hydrogens is 1080 g/mol. The van der Waals surface area contributed by atoms with Gasteiger partial charge in [-0.15, -0.1) is 0 Å². The highest BCUT2D eigenvalue weighted by atomic mass is 28.3. The van der Waals surface area contributed by atoms with Gasteiger partial charge in [0.1, 0.15) is 8.07 Å². The molecule has 0 saturated heterocycles. The highest BCUT2D eigenvalue weighted by Crippen LogP contribution is 2.56. The van der Waals surface area contributed by atoms with Crippen molar-refractivity contribution >= 4 is 86.1 Å². The summed E-state index contributed by atoms with van der Waals surface area (Å²) in [5.41, 5.74) is 19.4. The Balaban J connectivity index is 1.04. The predicted molar refractivity (Wildman–Crippen MR) is 376 cm³/mol. The van der Waals surface area contributed by atoms with Gasteiger partial charge in [0, 0.05) is 33.3 Å². The summed E-state index contributed by atoms with van der Waals surface area (Å²) in [5.74, 6) is 0. The van der Waals surface area contributed by atoms with Crippen molar-refractivity contribution in [2.45, 2.75) is 70.9 Å². The summed E-state index contributed by atoms with van der Waals surface area (Å²) >= 11 is 0. The molecule has 1 aromatic heterocycles. The van der Waals surface area contributed by atoms with Crippen LogP contribution in [0.3, 0.4) is 0 Å². The number of hydrogen-bond acceptors (Lipinski definition) is 1. The molecule has 12 aromatic carbocycles. The van der Waals surface area contributed by atoms with Crippen molar-refractivity contribution in [3.8, 4) is 27.9 Å². The third kappa shape index (κ3) is 8.32. The monoisotopic (exact) mass is 1150 g/mol. The van der Waals surface area contributed by atoms with Gasteiger partial charge in [-0.2, -0.15) is 0 Å². The molecule has 0 spiro atoms. The molecule has 0 atom stereocenters. The lowest BCUT2D eigenvalue weighted by Crippen LogP contribution is -2.74. The van der Waals surface area contributed by atoms with Crippen molar-refractivity contribution in [1.29, 1.82) is 0 Å². The van der Waals surface area contributed by atoms with Crippen LogP contribution in [0.5, 0.6) is 0 Å². The molecule has 422 valence electrons. The van der Waals surface area contributed by atoms with Crippen LogP contribution in [0.1, 0.15) is 74.9 Å². The number of anilines is 3. The molecule has 0 N–H and O–H groups in total. The van der Waals surface area contributed by atoms with Gasteiger partial charge in [-0.25, -0.2) is 0 Å². The van der Waals surface area contributed by atoms with E-state index in [4.69, 9.17) is 0 Å². The molecule has 1 aliphatic heterocycles. The van der Waals surface area contributed by atoms with Gasteiger partial charge < -0.3 is 9.47 Å². The molecule has 2 heterocycles. The third-order valence-electron chi connectivity index (χ3n) is 19.6. The van der Waals surface area contributed by atoms with Gasteiger partial charge in [0.05, 0.1) is 27.8 Å². The molecule has 2 nitrogen and oxygen atoms in total. The Morgan fingerprint density at radius 3 is 1.22 bits per heavy atom. The van der Waals surface area contributed by atoms with E-state index in [0.717, 1.165) is 11.4 Å². The van der Waals surface area contributed by atoms with Gasteiger partial charge in [0.2, 0.25) is 0 Å². The first-order chi connectivity index (χ1) is 42.2. The Hall–Kier alpha value is -9.33. The van der Waals surface area contributed by atoms with Crippen LogP contribution in [-0.4, -0.2) is 20.7 Å². The first kappa shape index (κ1) is 54.3.